The van der Waals surface area contributed by atoms with E-state index in [1.807, 2.05) is 36.1 Å². The molecule has 1 amide bonds. The number of hydrogen-bond donors (Lipinski definition) is 1. The van der Waals surface area contributed by atoms with E-state index < -0.39 is 0 Å². The van der Waals surface area contributed by atoms with Crippen LogP contribution >= 0.6 is 0 Å². The van der Waals surface area contributed by atoms with E-state index in [9.17, 15) is 4.79 Å². The number of likely N-dealkylation sites (tertiary alicyclic amines) is 1. The topological polar surface area (TPSA) is 68.5 Å². The number of fused-ring (bicyclic) bond motifs is 1. The second-order valence-electron chi connectivity index (χ2n) is 5.84. The summed E-state index contributed by atoms with van der Waals surface area (Å²) < 4.78 is 5.24. The van der Waals surface area contributed by atoms with Crippen molar-refractivity contribution in [3.63, 3.8) is 0 Å². The maximum atomic E-state index is 12.9. The molecular weight excluding hydrogens is 278 g/mol. The van der Waals surface area contributed by atoms with Gasteiger partial charge in [0.05, 0.1) is 18.2 Å². The molecule has 0 radical (unpaired) electrons. The number of pyridine rings is 1. The van der Waals surface area contributed by atoms with Crippen molar-refractivity contribution in [2.45, 2.75) is 13.3 Å². The number of hydrogen-bond acceptors (Lipinski definition) is 4. The summed E-state index contributed by atoms with van der Waals surface area (Å²) in [5, 5.41) is 0.868. The largest absolute Gasteiger partial charge is 0.497 e. The van der Waals surface area contributed by atoms with E-state index in [1.165, 1.54) is 0 Å². The lowest BCUT2D eigenvalue weighted by atomic mass is 10.1. The zero-order valence-corrected chi connectivity index (χ0v) is 13.0. The molecule has 1 aromatic heterocycles. The van der Waals surface area contributed by atoms with E-state index in [2.05, 4.69) is 4.98 Å². The minimum atomic E-state index is 0.0663. The Morgan fingerprint density at radius 3 is 2.95 bits per heavy atom. The molecule has 2 heterocycles. The Morgan fingerprint density at radius 2 is 2.27 bits per heavy atom. The molecule has 3 rings (SSSR count). The number of methoxy groups -OCH3 is 1. The van der Waals surface area contributed by atoms with Crippen molar-refractivity contribution in [1.82, 2.24) is 9.88 Å². The Bertz CT molecular complexity index is 714. The number of aryl methyl sites for hydroxylation is 1. The lowest BCUT2D eigenvalue weighted by molar-refractivity contribution is 0.0789. The summed E-state index contributed by atoms with van der Waals surface area (Å²) in [6, 6.07) is 7.51. The van der Waals surface area contributed by atoms with Gasteiger partial charge in [-0.1, -0.05) is 0 Å². The Labute approximate surface area is 130 Å². The van der Waals surface area contributed by atoms with Gasteiger partial charge >= 0.3 is 0 Å². The van der Waals surface area contributed by atoms with E-state index in [0.29, 0.717) is 18.0 Å². The monoisotopic (exact) mass is 299 g/mol. The number of amides is 1. The molecule has 22 heavy (non-hydrogen) atoms. The van der Waals surface area contributed by atoms with E-state index >= 15 is 0 Å². The average Bonchev–Trinajstić information content (AvgIpc) is 3.01. The van der Waals surface area contributed by atoms with Crippen LogP contribution in [0.3, 0.4) is 0 Å². The van der Waals surface area contributed by atoms with Crippen LogP contribution in [0.25, 0.3) is 10.9 Å². The SMILES string of the molecule is COc1ccc2c(C(=O)N3CC[C@H](CN)C3)cc(C)nc2c1. The lowest BCUT2D eigenvalue weighted by Gasteiger charge is -2.18. The van der Waals surface area contributed by atoms with Gasteiger partial charge < -0.3 is 15.4 Å². The Balaban J connectivity index is 2.01. The fraction of sp³-hybridized carbons (Fsp3) is 0.412. The van der Waals surface area contributed by atoms with E-state index in [0.717, 1.165) is 41.9 Å². The minimum absolute atomic E-state index is 0.0663. The molecule has 0 aliphatic carbocycles. The highest BCUT2D eigenvalue weighted by Gasteiger charge is 2.27. The maximum Gasteiger partial charge on any atom is 0.254 e. The van der Waals surface area contributed by atoms with Crippen LogP contribution in [0.1, 0.15) is 22.5 Å². The molecule has 1 aromatic carbocycles. The standard InChI is InChI=1S/C17H21N3O2/c1-11-7-15(17(21)20-6-5-12(9-18)10-20)14-4-3-13(22-2)8-16(14)19-11/h3-4,7-8,12H,5-6,9-10,18H2,1-2H3/t12-/m1/s1. The van der Waals surface area contributed by atoms with Gasteiger partial charge in [0.2, 0.25) is 0 Å². The van der Waals surface area contributed by atoms with Gasteiger partial charge in [0.1, 0.15) is 5.75 Å². The zero-order valence-electron chi connectivity index (χ0n) is 13.0. The molecule has 116 valence electrons. The molecule has 1 aliphatic rings. The predicted octanol–water partition coefficient (Wildman–Crippen LogP) is 1.97. The fourth-order valence-electron chi connectivity index (χ4n) is 3.02. The third kappa shape index (κ3) is 2.64. The number of nitrogens with two attached hydrogens (primary N) is 1. The molecular formula is C17H21N3O2. The molecule has 5 heteroatoms. The zero-order chi connectivity index (χ0) is 15.7. The minimum Gasteiger partial charge on any atom is -0.497 e. The van der Waals surface area contributed by atoms with Crippen LogP contribution in [0, 0.1) is 12.8 Å². The first-order chi connectivity index (χ1) is 10.6. The van der Waals surface area contributed by atoms with Crippen LogP contribution in [0.15, 0.2) is 24.3 Å². The summed E-state index contributed by atoms with van der Waals surface area (Å²) in [4.78, 5) is 19.3. The fourth-order valence-corrected chi connectivity index (χ4v) is 3.02. The van der Waals surface area contributed by atoms with Crippen LogP contribution in [-0.2, 0) is 0 Å². The first kappa shape index (κ1) is 14.8. The summed E-state index contributed by atoms with van der Waals surface area (Å²) >= 11 is 0. The summed E-state index contributed by atoms with van der Waals surface area (Å²) in [7, 11) is 1.63. The number of nitrogens with zero attached hydrogens (tertiary/aromatic N) is 2. The van der Waals surface area contributed by atoms with Crippen molar-refractivity contribution in [3.8, 4) is 5.75 Å². The Morgan fingerprint density at radius 1 is 1.45 bits per heavy atom. The van der Waals surface area contributed by atoms with Gasteiger partial charge in [-0.2, -0.15) is 0 Å². The second kappa shape index (κ2) is 5.93. The van der Waals surface area contributed by atoms with Crippen molar-refractivity contribution in [2.75, 3.05) is 26.7 Å². The van der Waals surface area contributed by atoms with Gasteiger partial charge in [0.25, 0.3) is 5.91 Å². The summed E-state index contributed by atoms with van der Waals surface area (Å²) in [5.41, 5.74) is 8.05. The number of aromatic nitrogens is 1. The molecule has 2 N–H and O–H groups in total. The van der Waals surface area contributed by atoms with E-state index in [-0.39, 0.29) is 5.91 Å². The first-order valence-corrected chi connectivity index (χ1v) is 7.57. The number of ether oxygens (including phenoxy) is 1. The second-order valence-corrected chi connectivity index (χ2v) is 5.84. The van der Waals surface area contributed by atoms with Crippen LogP contribution in [-0.4, -0.2) is 42.5 Å². The van der Waals surface area contributed by atoms with Crippen LogP contribution in [0.4, 0.5) is 0 Å². The number of rotatable bonds is 3. The summed E-state index contributed by atoms with van der Waals surface area (Å²) in [6.07, 6.45) is 0.984. The van der Waals surface area contributed by atoms with Gasteiger partial charge in [-0.15, -0.1) is 0 Å². The molecule has 5 nitrogen and oxygen atoms in total. The first-order valence-electron chi connectivity index (χ1n) is 7.57. The predicted molar refractivity (Wildman–Crippen MR) is 86.1 cm³/mol. The highest BCUT2D eigenvalue weighted by molar-refractivity contribution is 6.06. The van der Waals surface area contributed by atoms with Gasteiger partial charge in [0.15, 0.2) is 0 Å². The average molecular weight is 299 g/mol. The molecule has 1 atom stereocenters. The molecule has 1 saturated heterocycles. The molecule has 0 saturated carbocycles. The van der Waals surface area contributed by atoms with Crippen molar-refractivity contribution in [1.29, 1.82) is 0 Å². The third-order valence-corrected chi connectivity index (χ3v) is 4.28. The third-order valence-electron chi connectivity index (χ3n) is 4.28. The highest BCUT2D eigenvalue weighted by Crippen LogP contribution is 2.26. The molecule has 0 spiro atoms. The number of carbonyl (C=O) groups is 1. The van der Waals surface area contributed by atoms with Crippen molar-refractivity contribution < 1.29 is 9.53 Å². The molecule has 2 aromatic rings. The smallest absolute Gasteiger partial charge is 0.254 e. The number of benzene rings is 1. The van der Waals surface area contributed by atoms with Crippen LogP contribution < -0.4 is 10.5 Å². The maximum absolute atomic E-state index is 12.9. The summed E-state index contributed by atoms with van der Waals surface area (Å²) in [5.74, 6) is 1.23. The van der Waals surface area contributed by atoms with Crippen LogP contribution in [0.2, 0.25) is 0 Å². The van der Waals surface area contributed by atoms with Crippen molar-refractivity contribution in [3.05, 3.63) is 35.5 Å². The van der Waals surface area contributed by atoms with Crippen molar-refractivity contribution in [2.24, 2.45) is 11.7 Å². The highest BCUT2D eigenvalue weighted by atomic mass is 16.5. The normalized spacial score (nSPS) is 18.0. The van der Waals surface area contributed by atoms with Gasteiger partial charge in [0, 0.05) is 30.2 Å². The Hall–Kier alpha value is -2.14. The van der Waals surface area contributed by atoms with Gasteiger partial charge in [-0.25, -0.2) is 0 Å². The molecule has 0 unspecified atom stereocenters. The molecule has 0 bridgehead atoms. The van der Waals surface area contributed by atoms with Crippen molar-refractivity contribution >= 4 is 16.8 Å². The molecule has 1 fully saturated rings. The Kier molecular flexibility index (Phi) is 3.98. The quantitative estimate of drug-likeness (QED) is 0.941. The van der Waals surface area contributed by atoms with E-state index in [4.69, 9.17) is 10.5 Å². The molecule has 1 aliphatic heterocycles. The van der Waals surface area contributed by atoms with E-state index in [1.54, 1.807) is 7.11 Å². The van der Waals surface area contributed by atoms with Gasteiger partial charge in [-0.05, 0) is 44.0 Å². The van der Waals surface area contributed by atoms with Crippen LogP contribution in [0.5, 0.6) is 5.75 Å². The number of carbonyl (C=O) groups excluding carboxylic acids is 1. The van der Waals surface area contributed by atoms with Gasteiger partial charge in [-0.3, -0.25) is 9.78 Å². The lowest BCUT2D eigenvalue weighted by Crippen LogP contribution is -2.30. The summed E-state index contributed by atoms with van der Waals surface area (Å²) in [6.45, 7) is 4.06.